The summed E-state index contributed by atoms with van der Waals surface area (Å²) in [4.78, 5) is 15.6. The van der Waals surface area contributed by atoms with Gasteiger partial charge in [-0.05, 0) is 117 Å². The van der Waals surface area contributed by atoms with E-state index in [1.165, 1.54) is 6.26 Å². The number of ether oxygens (including phenoxy) is 1. The van der Waals surface area contributed by atoms with Crippen LogP contribution in [-0.4, -0.2) is 53.1 Å². The highest BCUT2D eigenvalue weighted by Crippen LogP contribution is 2.44. The number of carbonyl (C=O) groups is 1. The number of carbonyl (C=O) groups excluding carboxylic acids is 1. The lowest BCUT2D eigenvalue weighted by Crippen LogP contribution is -2.44. The minimum absolute atomic E-state index is 0.0284. The molecule has 0 radical (unpaired) electrons. The largest absolute Gasteiger partial charge is 0.487 e. The predicted molar refractivity (Wildman–Crippen MR) is 176 cm³/mol. The molecular formula is C33H45ClN2O6S2. The second kappa shape index (κ2) is 13.6. The molecule has 0 aromatic heterocycles. The Labute approximate surface area is 267 Å². The molecule has 2 aliphatic heterocycles. The van der Waals surface area contributed by atoms with Gasteiger partial charge in [0.1, 0.15) is 22.2 Å². The van der Waals surface area contributed by atoms with Crippen LogP contribution in [0.3, 0.4) is 0 Å². The fraction of sp³-hybridized carbons (Fsp3) is 0.606. The first-order valence-corrected chi connectivity index (χ1v) is 19.8. The van der Waals surface area contributed by atoms with Gasteiger partial charge in [0.25, 0.3) is 5.91 Å². The van der Waals surface area contributed by atoms with Gasteiger partial charge < -0.3 is 9.64 Å². The lowest BCUT2D eigenvalue weighted by Gasteiger charge is -2.45. The molecule has 4 unspecified atom stereocenters. The zero-order chi connectivity index (χ0) is 31.6. The summed E-state index contributed by atoms with van der Waals surface area (Å²) in [6.07, 6.45) is 8.15. The van der Waals surface area contributed by atoms with Crippen LogP contribution < -0.4 is 14.4 Å². The van der Waals surface area contributed by atoms with Crippen molar-refractivity contribution in [3.63, 3.8) is 0 Å². The maximum atomic E-state index is 13.4. The van der Waals surface area contributed by atoms with Crippen molar-refractivity contribution in [1.82, 2.24) is 4.72 Å². The first kappa shape index (κ1) is 33.1. The Balaban J connectivity index is 1.54. The van der Waals surface area contributed by atoms with Gasteiger partial charge in [0.05, 0.1) is 16.7 Å². The van der Waals surface area contributed by atoms with Gasteiger partial charge in [-0.2, -0.15) is 0 Å². The number of nitrogens with zero attached hydrogens (tertiary/aromatic N) is 1. The SMILES string of the molecule is CC1CCC[C@H](CS(C)(=O)=O)C2CCC2CN2CCCCc3cc(Cl)ccc3COc3ccc(cc32)C(=O)NS(=O)(=O)C1C. The maximum Gasteiger partial charge on any atom is 0.264 e. The average molecular weight is 665 g/mol. The molecule has 0 spiro atoms. The molecule has 1 N–H and O–H groups in total. The lowest BCUT2D eigenvalue weighted by molar-refractivity contribution is 0.0980. The molecule has 5 atom stereocenters. The lowest BCUT2D eigenvalue weighted by atomic mass is 9.66. The Morgan fingerprint density at radius 2 is 1.80 bits per heavy atom. The zero-order valence-corrected chi connectivity index (χ0v) is 28.3. The van der Waals surface area contributed by atoms with Crippen molar-refractivity contribution in [2.45, 2.75) is 77.1 Å². The second-order valence-electron chi connectivity index (χ2n) is 13.2. The molecule has 2 aromatic carbocycles. The molecule has 1 amide bonds. The second-order valence-corrected chi connectivity index (χ2v) is 17.9. The number of hydrogen-bond acceptors (Lipinski definition) is 7. The fourth-order valence-electron chi connectivity index (χ4n) is 7.14. The highest BCUT2D eigenvalue weighted by atomic mass is 35.5. The Hall–Kier alpha value is -2.30. The van der Waals surface area contributed by atoms with Crippen LogP contribution in [0.4, 0.5) is 5.69 Å². The van der Waals surface area contributed by atoms with Crippen LogP contribution in [0, 0.1) is 23.7 Å². The number of nitrogens with one attached hydrogen (secondary N) is 1. The van der Waals surface area contributed by atoms with Crippen molar-refractivity contribution in [3.05, 3.63) is 58.1 Å². The molecule has 2 heterocycles. The Morgan fingerprint density at radius 1 is 1.00 bits per heavy atom. The third kappa shape index (κ3) is 7.91. The first-order chi connectivity index (χ1) is 20.8. The summed E-state index contributed by atoms with van der Waals surface area (Å²) in [5.74, 6) is 0.546. The number of fused-ring (bicyclic) bond motifs is 3. The highest BCUT2D eigenvalue weighted by molar-refractivity contribution is 7.90. The maximum absolute atomic E-state index is 13.4. The van der Waals surface area contributed by atoms with Gasteiger partial charge in [0, 0.05) is 29.9 Å². The summed E-state index contributed by atoms with van der Waals surface area (Å²) in [5.41, 5.74) is 3.23. The van der Waals surface area contributed by atoms with E-state index < -0.39 is 31.0 Å². The van der Waals surface area contributed by atoms with Gasteiger partial charge in [-0.15, -0.1) is 0 Å². The molecule has 11 heteroatoms. The third-order valence-corrected chi connectivity index (χ3v) is 13.2. The number of sulfone groups is 1. The van der Waals surface area contributed by atoms with Crippen molar-refractivity contribution < 1.29 is 26.4 Å². The molecule has 2 bridgehead atoms. The van der Waals surface area contributed by atoms with Gasteiger partial charge in [0.2, 0.25) is 10.0 Å². The molecule has 44 heavy (non-hydrogen) atoms. The van der Waals surface area contributed by atoms with E-state index in [1.54, 1.807) is 25.1 Å². The predicted octanol–water partition coefficient (Wildman–Crippen LogP) is 6.02. The Morgan fingerprint density at radius 3 is 2.52 bits per heavy atom. The van der Waals surface area contributed by atoms with Crippen LogP contribution in [0.2, 0.25) is 5.02 Å². The standard InChI is InChI=1S/C33H45ClN2O6S2/c1-22-7-6-9-28(21-43(3,38)39)30-14-11-26(30)19-36-16-5-4-8-24-17-29(34)13-10-27(24)20-42-32-15-12-25(18-31(32)36)33(37)35-44(40,41)23(22)2/h10,12-13,15,17-18,22-23,26,28,30H,4-9,11,14,16,19-21H2,1-3H3,(H,35,37)/t22?,23?,26?,28-,30?/m1/s1. The molecule has 8 nitrogen and oxygen atoms in total. The molecule has 3 aliphatic rings. The number of amides is 1. The van der Waals surface area contributed by atoms with E-state index in [0.29, 0.717) is 29.7 Å². The summed E-state index contributed by atoms with van der Waals surface area (Å²) >= 11 is 6.32. The molecule has 1 saturated carbocycles. The number of aryl methyl sites for hydroxylation is 1. The van der Waals surface area contributed by atoms with Crippen LogP contribution in [0.25, 0.3) is 0 Å². The monoisotopic (exact) mass is 664 g/mol. The van der Waals surface area contributed by atoms with E-state index in [9.17, 15) is 21.6 Å². The van der Waals surface area contributed by atoms with E-state index in [2.05, 4.69) is 9.62 Å². The van der Waals surface area contributed by atoms with E-state index in [4.69, 9.17) is 16.3 Å². The summed E-state index contributed by atoms with van der Waals surface area (Å²) in [7, 11) is -7.12. The fourth-order valence-corrected chi connectivity index (χ4v) is 9.83. The topological polar surface area (TPSA) is 110 Å². The molecule has 0 saturated heterocycles. The molecular weight excluding hydrogens is 620 g/mol. The molecule has 242 valence electrons. The van der Waals surface area contributed by atoms with Crippen molar-refractivity contribution >= 4 is 43.1 Å². The van der Waals surface area contributed by atoms with Crippen LogP contribution in [0.5, 0.6) is 5.75 Å². The van der Waals surface area contributed by atoms with Gasteiger partial charge in [-0.25, -0.2) is 21.6 Å². The van der Waals surface area contributed by atoms with Crippen molar-refractivity contribution in [2.24, 2.45) is 23.7 Å². The summed E-state index contributed by atoms with van der Waals surface area (Å²) in [6, 6.07) is 11.0. The number of rotatable bonds is 2. The zero-order valence-electron chi connectivity index (χ0n) is 25.9. The van der Waals surface area contributed by atoms with E-state index in [-0.39, 0.29) is 29.1 Å². The number of anilines is 1. The van der Waals surface area contributed by atoms with Gasteiger partial charge >= 0.3 is 0 Å². The summed E-state index contributed by atoms with van der Waals surface area (Å²) in [6.45, 7) is 5.30. The number of sulfonamides is 1. The number of benzene rings is 2. The Kier molecular flexibility index (Phi) is 10.2. The van der Waals surface area contributed by atoms with Crippen LogP contribution >= 0.6 is 11.6 Å². The molecule has 1 fully saturated rings. The quantitative estimate of drug-likeness (QED) is 0.418. The molecule has 5 rings (SSSR count). The summed E-state index contributed by atoms with van der Waals surface area (Å²) < 4.78 is 60.3. The number of halogens is 1. The smallest absolute Gasteiger partial charge is 0.264 e. The van der Waals surface area contributed by atoms with E-state index in [1.807, 2.05) is 25.1 Å². The number of hydrogen-bond donors (Lipinski definition) is 1. The van der Waals surface area contributed by atoms with Gasteiger partial charge in [-0.1, -0.05) is 31.0 Å². The minimum Gasteiger partial charge on any atom is -0.487 e. The third-order valence-electron chi connectivity index (χ3n) is 10.1. The van der Waals surface area contributed by atoms with Crippen LogP contribution in [0.15, 0.2) is 36.4 Å². The Bertz CT molecular complexity index is 1580. The van der Waals surface area contributed by atoms with Crippen LogP contribution in [0.1, 0.15) is 80.3 Å². The average Bonchev–Trinajstić information content (AvgIpc) is 2.96. The first-order valence-electron chi connectivity index (χ1n) is 15.8. The highest BCUT2D eigenvalue weighted by Gasteiger charge is 2.39. The molecule has 1 aliphatic carbocycles. The van der Waals surface area contributed by atoms with Crippen molar-refractivity contribution in [1.29, 1.82) is 0 Å². The van der Waals surface area contributed by atoms with Crippen LogP contribution in [-0.2, 0) is 32.9 Å². The summed E-state index contributed by atoms with van der Waals surface area (Å²) in [5, 5.41) is -0.0866. The van der Waals surface area contributed by atoms with Gasteiger partial charge in [-0.3, -0.25) is 4.79 Å². The van der Waals surface area contributed by atoms with Crippen molar-refractivity contribution in [3.8, 4) is 5.75 Å². The minimum atomic E-state index is -3.94. The van der Waals surface area contributed by atoms with E-state index >= 15 is 0 Å². The van der Waals surface area contributed by atoms with Gasteiger partial charge in [0.15, 0.2) is 0 Å². The molecule has 2 aromatic rings. The normalized spacial score (nSPS) is 28.2. The van der Waals surface area contributed by atoms with E-state index in [0.717, 1.165) is 74.8 Å². The van der Waals surface area contributed by atoms with Crippen molar-refractivity contribution in [2.75, 3.05) is 30.0 Å².